The van der Waals surface area contributed by atoms with Gasteiger partial charge in [0.25, 0.3) is 0 Å². The van der Waals surface area contributed by atoms with Crippen LogP contribution in [0.15, 0.2) is 60.7 Å². The highest BCUT2D eigenvalue weighted by molar-refractivity contribution is 5.14. The first-order valence-electron chi connectivity index (χ1n) is 8.49. The standard InChI is InChI=1S/C20H24O5/c21-19-17(13-23-11-15-7-3-1-4-8-15)25-14-18(20(19)22)24-12-16-9-5-2-6-10-16/h1-10,17-22H,11-14H2/t17-,18+,19-,20-/m1/s1. The molecule has 1 fully saturated rings. The zero-order valence-corrected chi connectivity index (χ0v) is 14.0. The van der Waals surface area contributed by atoms with Gasteiger partial charge in [0.05, 0.1) is 26.4 Å². The van der Waals surface area contributed by atoms with E-state index in [1.54, 1.807) is 0 Å². The average Bonchev–Trinajstić information content (AvgIpc) is 2.66. The number of rotatable bonds is 7. The van der Waals surface area contributed by atoms with Crippen molar-refractivity contribution in [1.82, 2.24) is 0 Å². The van der Waals surface area contributed by atoms with Crippen LogP contribution in [0.1, 0.15) is 11.1 Å². The van der Waals surface area contributed by atoms with E-state index >= 15 is 0 Å². The lowest BCUT2D eigenvalue weighted by Gasteiger charge is -2.37. The number of aliphatic hydroxyl groups excluding tert-OH is 2. The van der Waals surface area contributed by atoms with E-state index in [2.05, 4.69) is 0 Å². The Hall–Kier alpha value is -1.76. The Morgan fingerprint density at radius 2 is 1.44 bits per heavy atom. The Kier molecular flexibility index (Phi) is 6.55. The van der Waals surface area contributed by atoms with Crippen molar-refractivity contribution in [2.45, 2.75) is 37.6 Å². The van der Waals surface area contributed by atoms with E-state index in [4.69, 9.17) is 14.2 Å². The highest BCUT2D eigenvalue weighted by atomic mass is 16.6. The monoisotopic (exact) mass is 344 g/mol. The van der Waals surface area contributed by atoms with Gasteiger partial charge in [0.2, 0.25) is 0 Å². The number of hydrogen-bond donors (Lipinski definition) is 2. The van der Waals surface area contributed by atoms with E-state index in [1.165, 1.54) is 0 Å². The summed E-state index contributed by atoms with van der Waals surface area (Å²) >= 11 is 0. The molecule has 2 N–H and O–H groups in total. The maximum atomic E-state index is 10.3. The molecule has 0 unspecified atom stereocenters. The molecule has 2 aromatic carbocycles. The molecular weight excluding hydrogens is 320 g/mol. The van der Waals surface area contributed by atoms with Crippen molar-refractivity contribution in [2.75, 3.05) is 13.2 Å². The smallest absolute Gasteiger partial charge is 0.111 e. The summed E-state index contributed by atoms with van der Waals surface area (Å²) < 4.78 is 16.9. The Balaban J connectivity index is 1.43. The first kappa shape index (κ1) is 18.0. The predicted octanol–water partition coefficient (Wildman–Crippen LogP) is 1.91. The normalized spacial score (nSPS) is 26.5. The zero-order valence-electron chi connectivity index (χ0n) is 14.0. The molecule has 5 nitrogen and oxygen atoms in total. The van der Waals surface area contributed by atoms with E-state index in [-0.39, 0.29) is 13.2 Å². The average molecular weight is 344 g/mol. The Bertz CT molecular complexity index is 616. The van der Waals surface area contributed by atoms with E-state index in [0.717, 1.165) is 11.1 Å². The summed E-state index contributed by atoms with van der Waals surface area (Å²) in [5.74, 6) is 0. The molecule has 1 saturated heterocycles. The molecule has 0 spiro atoms. The fraction of sp³-hybridized carbons (Fsp3) is 0.400. The van der Waals surface area contributed by atoms with Crippen molar-refractivity contribution in [3.05, 3.63) is 71.8 Å². The summed E-state index contributed by atoms with van der Waals surface area (Å²) in [6, 6.07) is 19.5. The molecular formula is C20H24O5. The lowest BCUT2D eigenvalue weighted by Crippen LogP contribution is -2.55. The molecule has 1 heterocycles. The van der Waals surface area contributed by atoms with Gasteiger partial charge in [0.1, 0.15) is 24.4 Å². The van der Waals surface area contributed by atoms with Crippen molar-refractivity contribution in [2.24, 2.45) is 0 Å². The van der Waals surface area contributed by atoms with Gasteiger partial charge in [-0.2, -0.15) is 0 Å². The van der Waals surface area contributed by atoms with Crippen LogP contribution in [0.5, 0.6) is 0 Å². The second-order valence-corrected chi connectivity index (χ2v) is 6.19. The van der Waals surface area contributed by atoms with E-state index < -0.39 is 24.4 Å². The molecule has 0 bridgehead atoms. The topological polar surface area (TPSA) is 68.2 Å². The first-order chi connectivity index (χ1) is 12.2. The summed E-state index contributed by atoms with van der Waals surface area (Å²) in [5, 5.41) is 20.6. The molecule has 0 aromatic heterocycles. The molecule has 3 rings (SSSR count). The maximum absolute atomic E-state index is 10.3. The first-order valence-corrected chi connectivity index (χ1v) is 8.49. The molecule has 134 valence electrons. The van der Waals surface area contributed by atoms with Crippen LogP contribution in [0.25, 0.3) is 0 Å². The van der Waals surface area contributed by atoms with Crippen LogP contribution >= 0.6 is 0 Å². The van der Waals surface area contributed by atoms with Crippen LogP contribution in [-0.2, 0) is 27.4 Å². The Morgan fingerprint density at radius 1 is 0.840 bits per heavy atom. The Labute approximate surface area is 147 Å². The van der Waals surface area contributed by atoms with E-state index in [9.17, 15) is 10.2 Å². The van der Waals surface area contributed by atoms with E-state index in [1.807, 2.05) is 60.7 Å². The predicted molar refractivity (Wildman–Crippen MR) is 92.9 cm³/mol. The molecule has 0 aliphatic carbocycles. The largest absolute Gasteiger partial charge is 0.388 e. The van der Waals surface area contributed by atoms with Gasteiger partial charge in [-0.15, -0.1) is 0 Å². The highest BCUT2D eigenvalue weighted by Gasteiger charge is 2.39. The van der Waals surface area contributed by atoms with Crippen LogP contribution in [0.3, 0.4) is 0 Å². The Morgan fingerprint density at radius 3 is 2.08 bits per heavy atom. The fourth-order valence-electron chi connectivity index (χ4n) is 2.79. The molecule has 1 aliphatic rings. The zero-order chi connectivity index (χ0) is 17.5. The number of benzene rings is 2. The van der Waals surface area contributed by atoms with Crippen molar-refractivity contribution in [1.29, 1.82) is 0 Å². The van der Waals surface area contributed by atoms with Crippen LogP contribution < -0.4 is 0 Å². The highest BCUT2D eigenvalue weighted by Crippen LogP contribution is 2.20. The minimum absolute atomic E-state index is 0.221. The van der Waals surface area contributed by atoms with Gasteiger partial charge in [0, 0.05) is 0 Å². The van der Waals surface area contributed by atoms with Crippen molar-refractivity contribution in [3.8, 4) is 0 Å². The van der Waals surface area contributed by atoms with Gasteiger partial charge in [-0.05, 0) is 11.1 Å². The van der Waals surface area contributed by atoms with Crippen LogP contribution in [0, 0.1) is 0 Å². The van der Waals surface area contributed by atoms with Gasteiger partial charge >= 0.3 is 0 Å². The fourth-order valence-corrected chi connectivity index (χ4v) is 2.79. The van der Waals surface area contributed by atoms with Crippen LogP contribution in [0.4, 0.5) is 0 Å². The van der Waals surface area contributed by atoms with Crippen molar-refractivity contribution < 1.29 is 24.4 Å². The van der Waals surface area contributed by atoms with Crippen LogP contribution in [-0.4, -0.2) is 47.8 Å². The quantitative estimate of drug-likeness (QED) is 0.803. The third kappa shape index (κ3) is 5.11. The molecule has 0 amide bonds. The van der Waals surface area contributed by atoms with Crippen molar-refractivity contribution >= 4 is 0 Å². The van der Waals surface area contributed by atoms with E-state index in [0.29, 0.717) is 13.2 Å². The molecule has 2 aromatic rings. The second kappa shape index (κ2) is 9.08. The van der Waals surface area contributed by atoms with Crippen LogP contribution in [0.2, 0.25) is 0 Å². The SMILES string of the molecule is O[C@H]1[C@H](O)[C@@H](COCc2ccccc2)OC[C@@H]1OCc1ccccc1. The summed E-state index contributed by atoms with van der Waals surface area (Å²) in [5.41, 5.74) is 2.06. The summed E-state index contributed by atoms with van der Waals surface area (Å²) in [4.78, 5) is 0. The lowest BCUT2D eigenvalue weighted by molar-refractivity contribution is -0.215. The molecule has 5 heteroatoms. The summed E-state index contributed by atoms with van der Waals surface area (Å²) in [6.07, 6.45) is -3.15. The third-order valence-electron chi connectivity index (χ3n) is 4.29. The molecule has 0 saturated carbocycles. The van der Waals surface area contributed by atoms with Crippen molar-refractivity contribution in [3.63, 3.8) is 0 Å². The summed E-state index contributed by atoms with van der Waals surface area (Å²) in [6.45, 7) is 1.26. The van der Waals surface area contributed by atoms with Gasteiger partial charge in [-0.1, -0.05) is 60.7 Å². The second-order valence-electron chi connectivity index (χ2n) is 6.19. The molecule has 0 radical (unpaired) electrons. The third-order valence-corrected chi connectivity index (χ3v) is 4.29. The van der Waals surface area contributed by atoms with Gasteiger partial charge in [-0.3, -0.25) is 0 Å². The summed E-state index contributed by atoms with van der Waals surface area (Å²) in [7, 11) is 0. The number of aliphatic hydroxyl groups is 2. The van der Waals surface area contributed by atoms with Gasteiger partial charge in [0.15, 0.2) is 0 Å². The van der Waals surface area contributed by atoms with Gasteiger partial charge < -0.3 is 24.4 Å². The number of hydrogen-bond acceptors (Lipinski definition) is 5. The maximum Gasteiger partial charge on any atom is 0.111 e. The molecule has 25 heavy (non-hydrogen) atoms. The van der Waals surface area contributed by atoms with Gasteiger partial charge in [-0.25, -0.2) is 0 Å². The minimum Gasteiger partial charge on any atom is -0.388 e. The minimum atomic E-state index is -1.04. The lowest BCUT2D eigenvalue weighted by atomic mass is 10.0. The number of ether oxygens (including phenoxy) is 3. The molecule has 4 atom stereocenters. The molecule has 1 aliphatic heterocycles.